The van der Waals surface area contributed by atoms with Crippen molar-refractivity contribution in [2.24, 2.45) is 10.4 Å². The molecule has 0 amide bonds. The summed E-state index contributed by atoms with van der Waals surface area (Å²) in [5, 5.41) is 5.67. The maximum absolute atomic E-state index is 5.21. The first-order chi connectivity index (χ1) is 10.2. The summed E-state index contributed by atoms with van der Waals surface area (Å²) in [6.07, 6.45) is 4.83. The average Bonchev–Trinajstić information content (AvgIpc) is 3.07. The van der Waals surface area contributed by atoms with Crippen molar-refractivity contribution in [2.75, 3.05) is 40.9 Å². The molecule has 0 atom stereocenters. The molecular formula is C16H28IN3OS. The first-order valence-electron chi connectivity index (χ1n) is 7.62. The highest BCUT2D eigenvalue weighted by Crippen LogP contribution is 2.48. The monoisotopic (exact) mass is 437 g/mol. The molecular weight excluding hydrogens is 409 g/mol. The van der Waals surface area contributed by atoms with E-state index in [1.807, 2.05) is 18.4 Å². The number of rotatable bonds is 8. The van der Waals surface area contributed by atoms with E-state index < -0.39 is 0 Å². The Balaban J connectivity index is 0.00000242. The van der Waals surface area contributed by atoms with E-state index in [2.05, 4.69) is 39.8 Å². The quantitative estimate of drug-likeness (QED) is 0.386. The number of guanidine groups is 1. The number of thiophene rings is 1. The minimum atomic E-state index is 0. The van der Waals surface area contributed by atoms with Crippen molar-refractivity contribution in [3.05, 3.63) is 22.4 Å². The molecule has 0 bridgehead atoms. The number of hydrogen-bond acceptors (Lipinski definition) is 3. The maximum Gasteiger partial charge on any atom is 0.193 e. The molecule has 6 heteroatoms. The smallest absolute Gasteiger partial charge is 0.193 e. The summed E-state index contributed by atoms with van der Waals surface area (Å²) in [5.74, 6) is 0.996. The van der Waals surface area contributed by atoms with Crippen LogP contribution in [-0.4, -0.2) is 51.8 Å². The van der Waals surface area contributed by atoms with Gasteiger partial charge in [0.25, 0.3) is 0 Å². The number of nitrogens with one attached hydrogen (secondary N) is 1. The molecule has 1 aliphatic rings. The molecule has 2 rings (SSSR count). The predicted octanol–water partition coefficient (Wildman–Crippen LogP) is 3.23. The molecule has 1 saturated carbocycles. The van der Waals surface area contributed by atoms with Crippen LogP contribution in [0.1, 0.15) is 24.1 Å². The Morgan fingerprint density at radius 1 is 1.50 bits per heavy atom. The van der Waals surface area contributed by atoms with Gasteiger partial charge in [-0.25, -0.2) is 0 Å². The molecule has 1 N–H and O–H groups in total. The number of hydrogen-bond donors (Lipinski definition) is 1. The van der Waals surface area contributed by atoms with Crippen LogP contribution in [0.25, 0.3) is 0 Å². The van der Waals surface area contributed by atoms with E-state index in [0.717, 1.165) is 38.5 Å². The molecule has 0 spiro atoms. The molecule has 0 saturated heterocycles. The van der Waals surface area contributed by atoms with Crippen molar-refractivity contribution in [3.63, 3.8) is 0 Å². The Hall–Kier alpha value is -0.340. The number of aliphatic imine (C=N–C) groups is 1. The summed E-state index contributed by atoms with van der Waals surface area (Å²) >= 11 is 1.82. The topological polar surface area (TPSA) is 36.9 Å². The average molecular weight is 437 g/mol. The van der Waals surface area contributed by atoms with Gasteiger partial charge in [0, 0.05) is 45.8 Å². The highest BCUT2D eigenvalue weighted by Gasteiger charge is 2.42. The van der Waals surface area contributed by atoms with Gasteiger partial charge in [-0.3, -0.25) is 4.99 Å². The van der Waals surface area contributed by atoms with E-state index in [9.17, 15) is 0 Å². The lowest BCUT2D eigenvalue weighted by molar-refractivity contribution is 0.172. The van der Waals surface area contributed by atoms with Gasteiger partial charge in [0.2, 0.25) is 0 Å². The van der Waals surface area contributed by atoms with Crippen LogP contribution in [0, 0.1) is 5.41 Å². The second kappa shape index (κ2) is 9.72. The van der Waals surface area contributed by atoms with Crippen LogP contribution in [0.5, 0.6) is 0 Å². The van der Waals surface area contributed by atoms with Crippen LogP contribution in [-0.2, 0) is 11.2 Å². The van der Waals surface area contributed by atoms with Crippen LogP contribution in [0.3, 0.4) is 0 Å². The Labute approximate surface area is 155 Å². The zero-order valence-corrected chi connectivity index (χ0v) is 16.9. The SMILES string of the molecule is CN=C(NCC1(CCOC)CC1)N(C)CCc1cccs1.I. The van der Waals surface area contributed by atoms with E-state index in [4.69, 9.17) is 4.74 Å². The number of likely N-dealkylation sites (N-methyl/N-ethyl adjacent to an activating group) is 1. The summed E-state index contributed by atoms with van der Waals surface area (Å²) in [6.45, 7) is 2.85. The minimum absolute atomic E-state index is 0. The van der Waals surface area contributed by atoms with E-state index in [1.54, 1.807) is 7.11 Å². The fourth-order valence-corrected chi connectivity index (χ4v) is 3.20. The number of halogens is 1. The van der Waals surface area contributed by atoms with Gasteiger partial charge >= 0.3 is 0 Å². The van der Waals surface area contributed by atoms with Gasteiger partial charge in [0.1, 0.15) is 0 Å². The standard InChI is InChI=1S/C16H27N3OS.HI/c1-17-15(18-13-16(7-8-16)9-11-20-3)19(2)10-6-14-5-4-12-21-14;/h4-5,12H,6-11,13H2,1-3H3,(H,17,18);1H. The van der Waals surface area contributed by atoms with E-state index in [-0.39, 0.29) is 24.0 Å². The molecule has 22 heavy (non-hydrogen) atoms. The molecule has 0 radical (unpaired) electrons. The van der Waals surface area contributed by atoms with Crippen LogP contribution >= 0.6 is 35.3 Å². The number of methoxy groups -OCH3 is 1. The Morgan fingerprint density at radius 2 is 2.27 bits per heavy atom. The van der Waals surface area contributed by atoms with Crippen molar-refractivity contribution in [1.82, 2.24) is 10.2 Å². The van der Waals surface area contributed by atoms with Gasteiger partial charge in [0.05, 0.1) is 0 Å². The molecule has 4 nitrogen and oxygen atoms in total. The van der Waals surface area contributed by atoms with Gasteiger partial charge in [-0.05, 0) is 42.5 Å². The van der Waals surface area contributed by atoms with Gasteiger partial charge < -0.3 is 15.0 Å². The largest absolute Gasteiger partial charge is 0.385 e. The van der Waals surface area contributed by atoms with Gasteiger partial charge in [-0.1, -0.05) is 6.07 Å². The third-order valence-corrected chi connectivity index (χ3v) is 5.20. The lowest BCUT2D eigenvalue weighted by atomic mass is 10.0. The molecule has 1 heterocycles. The van der Waals surface area contributed by atoms with Crippen LogP contribution in [0.15, 0.2) is 22.5 Å². The molecule has 0 aromatic carbocycles. The third-order valence-electron chi connectivity index (χ3n) is 4.26. The van der Waals surface area contributed by atoms with Crippen molar-refractivity contribution in [1.29, 1.82) is 0 Å². The molecule has 1 fully saturated rings. The molecule has 1 aliphatic carbocycles. The normalized spacial score (nSPS) is 16.0. The number of nitrogens with zero attached hydrogens (tertiary/aromatic N) is 2. The lowest BCUT2D eigenvalue weighted by Gasteiger charge is -2.24. The maximum atomic E-state index is 5.21. The Morgan fingerprint density at radius 3 is 2.82 bits per heavy atom. The van der Waals surface area contributed by atoms with E-state index in [0.29, 0.717) is 5.41 Å². The van der Waals surface area contributed by atoms with E-state index >= 15 is 0 Å². The van der Waals surface area contributed by atoms with Gasteiger partial charge in [0.15, 0.2) is 5.96 Å². The molecule has 1 aromatic rings. The summed E-state index contributed by atoms with van der Waals surface area (Å²) in [5.41, 5.74) is 0.445. The summed E-state index contributed by atoms with van der Waals surface area (Å²) < 4.78 is 5.21. The first kappa shape index (κ1) is 19.7. The second-order valence-electron chi connectivity index (χ2n) is 5.89. The third kappa shape index (κ3) is 6.04. The summed E-state index contributed by atoms with van der Waals surface area (Å²) in [6, 6.07) is 4.30. The summed E-state index contributed by atoms with van der Waals surface area (Å²) in [4.78, 5) is 8.04. The van der Waals surface area contributed by atoms with Crippen molar-refractivity contribution < 1.29 is 4.74 Å². The fraction of sp³-hybridized carbons (Fsp3) is 0.688. The molecule has 126 valence electrons. The van der Waals surface area contributed by atoms with Crippen LogP contribution in [0.4, 0.5) is 0 Å². The van der Waals surface area contributed by atoms with Crippen molar-refractivity contribution in [3.8, 4) is 0 Å². The van der Waals surface area contributed by atoms with Crippen LogP contribution < -0.4 is 5.32 Å². The van der Waals surface area contributed by atoms with Crippen molar-refractivity contribution in [2.45, 2.75) is 25.7 Å². The van der Waals surface area contributed by atoms with Crippen molar-refractivity contribution >= 4 is 41.3 Å². The summed E-state index contributed by atoms with van der Waals surface area (Å²) in [7, 11) is 5.75. The molecule has 1 aromatic heterocycles. The lowest BCUT2D eigenvalue weighted by Crippen LogP contribution is -2.42. The van der Waals surface area contributed by atoms with E-state index in [1.165, 1.54) is 17.7 Å². The van der Waals surface area contributed by atoms with Crippen LogP contribution in [0.2, 0.25) is 0 Å². The fourth-order valence-electron chi connectivity index (χ4n) is 2.50. The minimum Gasteiger partial charge on any atom is -0.385 e. The second-order valence-corrected chi connectivity index (χ2v) is 6.93. The zero-order chi connectivity index (χ0) is 15.1. The first-order valence-corrected chi connectivity index (χ1v) is 8.50. The molecule has 0 unspecified atom stereocenters. The van der Waals surface area contributed by atoms with Gasteiger partial charge in [-0.2, -0.15) is 0 Å². The predicted molar refractivity (Wildman–Crippen MR) is 106 cm³/mol. The molecule has 0 aliphatic heterocycles. The Bertz CT molecular complexity index is 446. The van der Waals surface area contributed by atoms with Gasteiger partial charge in [-0.15, -0.1) is 35.3 Å². The highest BCUT2D eigenvalue weighted by molar-refractivity contribution is 14.0. The number of ether oxygens (including phenoxy) is 1. The highest BCUT2D eigenvalue weighted by atomic mass is 127. The zero-order valence-electron chi connectivity index (χ0n) is 13.8. The Kier molecular flexibility index (Phi) is 8.71.